The third kappa shape index (κ3) is 4.26. The maximum Gasteiger partial charge on any atom is 0.255 e. The van der Waals surface area contributed by atoms with E-state index in [0.29, 0.717) is 11.6 Å². The smallest absolute Gasteiger partial charge is 0.255 e. The van der Waals surface area contributed by atoms with Gasteiger partial charge in [-0.2, -0.15) is 0 Å². The highest BCUT2D eigenvalue weighted by Gasteiger charge is 2.28. The Morgan fingerprint density at radius 3 is 2.73 bits per heavy atom. The molecule has 1 aliphatic heterocycles. The lowest BCUT2D eigenvalue weighted by molar-refractivity contribution is 0.102. The molecule has 2 aromatic heterocycles. The minimum atomic E-state index is -0.117. The van der Waals surface area contributed by atoms with E-state index in [0.717, 1.165) is 36.5 Å². The molecule has 164 valence electrons. The summed E-state index contributed by atoms with van der Waals surface area (Å²) in [5.74, 6) is 6.14. The van der Waals surface area contributed by atoms with E-state index in [-0.39, 0.29) is 5.91 Å². The third-order valence-electron chi connectivity index (χ3n) is 6.26. The predicted molar refractivity (Wildman–Crippen MR) is 132 cm³/mol. The molecule has 1 N–H and O–H groups in total. The van der Waals surface area contributed by atoms with E-state index in [4.69, 9.17) is 0 Å². The zero-order valence-corrected chi connectivity index (χ0v) is 18.7. The molecule has 1 aliphatic rings. The molecule has 1 unspecified atom stereocenters. The van der Waals surface area contributed by atoms with Crippen molar-refractivity contribution in [3.8, 4) is 23.1 Å². The van der Waals surface area contributed by atoms with Crippen molar-refractivity contribution in [2.45, 2.75) is 25.8 Å². The van der Waals surface area contributed by atoms with Gasteiger partial charge in [0, 0.05) is 23.5 Å². The maximum absolute atomic E-state index is 12.6. The van der Waals surface area contributed by atoms with Crippen LogP contribution in [-0.4, -0.2) is 33.3 Å². The molecule has 5 nitrogen and oxygen atoms in total. The molecule has 0 spiro atoms. The Bertz CT molecular complexity index is 1330. The van der Waals surface area contributed by atoms with Crippen molar-refractivity contribution in [3.05, 3.63) is 90.4 Å². The number of para-hydroxylation sites is 1. The second-order valence-corrected chi connectivity index (χ2v) is 8.27. The first-order valence-corrected chi connectivity index (χ1v) is 11.3. The van der Waals surface area contributed by atoms with Gasteiger partial charge in [0.15, 0.2) is 0 Å². The molecule has 1 amide bonds. The van der Waals surface area contributed by atoms with Crippen LogP contribution in [0.25, 0.3) is 16.8 Å². The van der Waals surface area contributed by atoms with Crippen LogP contribution in [0.5, 0.6) is 0 Å². The molecule has 33 heavy (non-hydrogen) atoms. The summed E-state index contributed by atoms with van der Waals surface area (Å²) >= 11 is 0. The summed E-state index contributed by atoms with van der Waals surface area (Å²) < 4.78 is 2.15. The van der Waals surface area contributed by atoms with E-state index in [1.54, 1.807) is 0 Å². The number of fused-ring (bicyclic) bond motifs is 1. The van der Waals surface area contributed by atoms with Gasteiger partial charge in [0.05, 0.1) is 24.1 Å². The van der Waals surface area contributed by atoms with Gasteiger partial charge in [0.2, 0.25) is 0 Å². The Labute approximate surface area is 194 Å². The highest BCUT2D eigenvalue weighted by molar-refractivity contribution is 6.04. The van der Waals surface area contributed by atoms with Gasteiger partial charge in [-0.05, 0) is 73.8 Å². The fourth-order valence-corrected chi connectivity index (χ4v) is 4.63. The lowest BCUT2D eigenvalue weighted by atomic mass is 10.0. The molecular formula is C28H26N4O. The van der Waals surface area contributed by atoms with Crippen molar-refractivity contribution < 1.29 is 4.79 Å². The molecule has 2 aromatic carbocycles. The van der Waals surface area contributed by atoms with Crippen LogP contribution in [0.4, 0.5) is 5.69 Å². The minimum absolute atomic E-state index is 0.117. The Morgan fingerprint density at radius 2 is 1.94 bits per heavy atom. The fourth-order valence-electron chi connectivity index (χ4n) is 4.63. The monoisotopic (exact) mass is 434 g/mol. The van der Waals surface area contributed by atoms with Crippen molar-refractivity contribution in [2.75, 3.05) is 18.4 Å². The Morgan fingerprint density at radius 1 is 1.12 bits per heavy atom. The summed E-state index contributed by atoms with van der Waals surface area (Å²) in [6.07, 6.45) is 6.03. The number of benzene rings is 2. The average molecular weight is 435 g/mol. The number of hydrogen-bond donors (Lipinski definition) is 1. The van der Waals surface area contributed by atoms with E-state index in [9.17, 15) is 4.79 Å². The number of rotatable bonds is 5. The molecule has 4 aromatic rings. The quantitative estimate of drug-likeness (QED) is 0.427. The highest BCUT2D eigenvalue weighted by Crippen LogP contribution is 2.37. The first kappa shape index (κ1) is 21.0. The summed E-state index contributed by atoms with van der Waals surface area (Å²) in [6, 6.07) is 22.0. The topological polar surface area (TPSA) is 49.6 Å². The molecule has 1 fully saturated rings. The molecule has 1 atom stereocenters. The van der Waals surface area contributed by atoms with Gasteiger partial charge in [-0.3, -0.25) is 9.69 Å². The number of nitrogens with one attached hydrogen (secondary N) is 1. The zero-order chi connectivity index (χ0) is 22.6. The van der Waals surface area contributed by atoms with Gasteiger partial charge < -0.3 is 9.72 Å². The number of aromatic nitrogens is 2. The van der Waals surface area contributed by atoms with Crippen LogP contribution in [-0.2, 0) is 0 Å². The summed E-state index contributed by atoms with van der Waals surface area (Å²) in [4.78, 5) is 19.5. The summed E-state index contributed by atoms with van der Waals surface area (Å²) in [5, 5.41) is 2.94. The van der Waals surface area contributed by atoms with Gasteiger partial charge in [0.1, 0.15) is 0 Å². The molecule has 0 bridgehead atoms. The predicted octanol–water partition coefficient (Wildman–Crippen LogP) is 5.41. The van der Waals surface area contributed by atoms with Crippen LogP contribution >= 0.6 is 0 Å². The molecule has 5 rings (SSSR count). The molecule has 5 heteroatoms. The average Bonchev–Trinajstić information content (AvgIpc) is 3.48. The third-order valence-corrected chi connectivity index (χ3v) is 6.26. The van der Waals surface area contributed by atoms with Gasteiger partial charge in [-0.1, -0.05) is 36.3 Å². The second kappa shape index (κ2) is 9.32. The van der Waals surface area contributed by atoms with Gasteiger partial charge in [0.25, 0.3) is 5.91 Å². The second-order valence-electron chi connectivity index (χ2n) is 8.27. The highest BCUT2D eigenvalue weighted by atomic mass is 16.1. The van der Waals surface area contributed by atoms with Crippen molar-refractivity contribution in [1.29, 1.82) is 0 Å². The molecule has 3 heterocycles. The zero-order valence-electron chi connectivity index (χ0n) is 18.7. The Balaban J connectivity index is 1.45. The fraction of sp³-hybridized carbons (Fsp3) is 0.214. The van der Waals surface area contributed by atoms with E-state index in [1.165, 1.54) is 17.5 Å². The number of hydrogen-bond acceptors (Lipinski definition) is 3. The van der Waals surface area contributed by atoms with Crippen molar-refractivity contribution >= 4 is 17.1 Å². The van der Waals surface area contributed by atoms with Crippen molar-refractivity contribution in [1.82, 2.24) is 14.3 Å². The number of carbonyl (C=O) groups is 1. The first-order valence-electron chi connectivity index (χ1n) is 11.3. The van der Waals surface area contributed by atoms with Gasteiger partial charge >= 0.3 is 0 Å². The van der Waals surface area contributed by atoms with Crippen LogP contribution in [0.3, 0.4) is 0 Å². The van der Waals surface area contributed by atoms with E-state index in [1.807, 2.05) is 74.0 Å². The Hall–Kier alpha value is -3.88. The number of amides is 1. The standard InChI is InChI=1S/C28H26N4O/c1-2-3-17-31-18-7-10-25(31)24-19-27(32-20-29-16-15-26(24)32)21-11-13-22(14-12-21)28(33)30-23-8-5-4-6-9-23/h4-6,8-9,11-16,19-20,25H,7,10,17-18H2,1H3,(H,30,33). The normalized spacial score (nSPS) is 15.8. The Kier molecular flexibility index (Phi) is 5.93. The largest absolute Gasteiger partial charge is 0.322 e. The lowest BCUT2D eigenvalue weighted by Gasteiger charge is -2.21. The lowest BCUT2D eigenvalue weighted by Crippen LogP contribution is -2.23. The van der Waals surface area contributed by atoms with Crippen molar-refractivity contribution in [2.24, 2.45) is 0 Å². The van der Waals surface area contributed by atoms with Crippen LogP contribution in [0.1, 0.15) is 41.7 Å². The first-order chi connectivity index (χ1) is 16.2. The van der Waals surface area contributed by atoms with Gasteiger partial charge in [-0.15, -0.1) is 5.92 Å². The molecule has 1 saturated heterocycles. The van der Waals surface area contributed by atoms with Gasteiger partial charge in [-0.25, -0.2) is 4.98 Å². The number of carbonyl (C=O) groups excluding carboxylic acids is 1. The number of nitrogens with zero attached hydrogens (tertiary/aromatic N) is 3. The number of likely N-dealkylation sites (tertiary alicyclic amines) is 1. The minimum Gasteiger partial charge on any atom is -0.322 e. The van der Waals surface area contributed by atoms with Crippen LogP contribution in [0.15, 0.2) is 79.3 Å². The number of anilines is 1. The van der Waals surface area contributed by atoms with E-state index < -0.39 is 0 Å². The summed E-state index contributed by atoms with van der Waals surface area (Å²) in [6.45, 7) is 3.76. The molecule has 0 radical (unpaired) electrons. The SMILES string of the molecule is CC#CCN1CCCC1c1cc(-c2ccc(C(=O)Nc3ccccc3)cc2)n2cnccc12. The van der Waals surface area contributed by atoms with E-state index in [2.05, 4.69) is 43.6 Å². The molecular weight excluding hydrogens is 408 g/mol. The summed E-state index contributed by atoms with van der Waals surface area (Å²) in [7, 11) is 0. The summed E-state index contributed by atoms with van der Waals surface area (Å²) in [5.41, 5.74) is 6.03. The van der Waals surface area contributed by atoms with Crippen molar-refractivity contribution in [3.63, 3.8) is 0 Å². The molecule has 0 saturated carbocycles. The van der Waals surface area contributed by atoms with Crippen LogP contribution < -0.4 is 5.32 Å². The molecule has 0 aliphatic carbocycles. The van der Waals surface area contributed by atoms with Crippen LogP contribution in [0.2, 0.25) is 0 Å². The maximum atomic E-state index is 12.6. The van der Waals surface area contributed by atoms with E-state index >= 15 is 0 Å². The van der Waals surface area contributed by atoms with Crippen LogP contribution in [0, 0.1) is 11.8 Å².